The molecule has 1 unspecified atom stereocenters. The third kappa shape index (κ3) is 4.72. The van der Waals surface area contributed by atoms with Crippen molar-refractivity contribution in [1.82, 2.24) is 20.4 Å². The summed E-state index contributed by atoms with van der Waals surface area (Å²) < 4.78 is 10.5. The second-order valence-electron chi connectivity index (χ2n) is 7.63. The molecule has 4 rings (SSSR count). The molecule has 7 nitrogen and oxygen atoms in total. The highest BCUT2D eigenvalue weighted by molar-refractivity contribution is 5.99. The van der Waals surface area contributed by atoms with E-state index < -0.39 is 0 Å². The summed E-state index contributed by atoms with van der Waals surface area (Å²) in [7, 11) is 3.29. The van der Waals surface area contributed by atoms with Crippen LogP contribution >= 0.6 is 0 Å². The lowest BCUT2D eigenvalue weighted by atomic mass is 10.0. The highest BCUT2D eigenvalue weighted by atomic mass is 16.5. The van der Waals surface area contributed by atoms with E-state index in [1.54, 1.807) is 20.4 Å². The Kier molecular flexibility index (Phi) is 6.52. The predicted octanol–water partition coefficient (Wildman–Crippen LogP) is 3.66. The van der Waals surface area contributed by atoms with E-state index in [2.05, 4.69) is 32.5 Å². The first-order valence-electron chi connectivity index (χ1n) is 10.5. The Morgan fingerprint density at radius 3 is 2.26 bits per heavy atom. The number of nitrogens with zero attached hydrogens (tertiary/aromatic N) is 2. The van der Waals surface area contributed by atoms with Crippen molar-refractivity contribution >= 4 is 5.91 Å². The zero-order chi connectivity index (χ0) is 21.6. The molecule has 0 spiro atoms. The van der Waals surface area contributed by atoms with E-state index in [9.17, 15) is 4.79 Å². The number of aromatic amines is 1. The summed E-state index contributed by atoms with van der Waals surface area (Å²) in [5.41, 5.74) is 3.28. The summed E-state index contributed by atoms with van der Waals surface area (Å²) in [6, 6.07) is 15.8. The lowest BCUT2D eigenvalue weighted by Gasteiger charge is -2.28. The highest BCUT2D eigenvalue weighted by Crippen LogP contribution is 2.27. The average molecular weight is 421 g/mol. The van der Waals surface area contributed by atoms with Crippen LogP contribution in [0, 0.1) is 0 Å². The standard InChI is InChI=1S/C24H28N4O3/c1-30-19-9-5-17(6-10-19)22(28-13-3-4-14-28)16-25-24(29)21-15-26-27-23(21)18-7-11-20(31-2)12-8-18/h5-12,15,22H,3-4,13-14,16H2,1-2H3,(H,25,29)(H,26,27). The fraction of sp³-hybridized carbons (Fsp3) is 0.333. The maximum absolute atomic E-state index is 13.0. The maximum Gasteiger partial charge on any atom is 0.255 e. The topological polar surface area (TPSA) is 79.5 Å². The number of carbonyl (C=O) groups excluding carboxylic acids is 1. The van der Waals surface area contributed by atoms with Crippen LogP contribution < -0.4 is 14.8 Å². The van der Waals surface area contributed by atoms with Gasteiger partial charge in [0, 0.05) is 12.1 Å². The van der Waals surface area contributed by atoms with Gasteiger partial charge in [-0.3, -0.25) is 14.8 Å². The third-order valence-electron chi connectivity index (χ3n) is 5.80. The lowest BCUT2D eigenvalue weighted by molar-refractivity contribution is 0.0938. The number of benzene rings is 2. The molecule has 0 bridgehead atoms. The number of H-pyrrole nitrogens is 1. The molecular weight excluding hydrogens is 392 g/mol. The summed E-state index contributed by atoms with van der Waals surface area (Å²) in [6.07, 6.45) is 3.95. The molecule has 2 heterocycles. The normalized spacial score (nSPS) is 14.9. The Hall–Kier alpha value is -3.32. The van der Waals surface area contributed by atoms with Crippen LogP contribution in [0.3, 0.4) is 0 Å². The Bertz CT molecular complexity index is 992. The van der Waals surface area contributed by atoms with Crippen molar-refractivity contribution in [3.05, 3.63) is 65.9 Å². The lowest BCUT2D eigenvalue weighted by Crippen LogP contribution is -2.36. The van der Waals surface area contributed by atoms with Gasteiger partial charge in [-0.05, 0) is 67.9 Å². The van der Waals surface area contributed by atoms with Crippen molar-refractivity contribution in [1.29, 1.82) is 0 Å². The molecule has 7 heteroatoms. The average Bonchev–Trinajstić information content (AvgIpc) is 3.52. The molecule has 162 valence electrons. The summed E-state index contributed by atoms with van der Waals surface area (Å²) in [5.74, 6) is 1.45. The van der Waals surface area contributed by atoms with Crippen LogP contribution in [-0.4, -0.2) is 54.9 Å². The quantitative estimate of drug-likeness (QED) is 0.581. The molecule has 1 amide bonds. The molecule has 1 atom stereocenters. The van der Waals surface area contributed by atoms with Gasteiger partial charge in [0.2, 0.25) is 0 Å². The van der Waals surface area contributed by atoms with Crippen LogP contribution in [0.2, 0.25) is 0 Å². The number of hydrogen-bond acceptors (Lipinski definition) is 5. The first kappa shape index (κ1) is 20.9. The number of ether oxygens (including phenoxy) is 2. The number of hydrogen-bond donors (Lipinski definition) is 2. The summed E-state index contributed by atoms with van der Waals surface area (Å²) in [6.45, 7) is 2.60. The van der Waals surface area contributed by atoms with Crippen molar-refractivity contribution in [2.24, 2.45) is 0 Å². The SMILES string of the molecule is COc1ccc(-c2[nH]ncc2C(=O)NCC(c2ccc(OC)cc2)N2CCCC2)cc1. The second kappa shape index (κ2) is 9.66. The monoisotopic (exact) mass is 420 g/mol. The summed E-state index contributed by atoms with van der Waals surface area (Å²) in [4.78, 5) is 15.5. The highest BCUT2D eigenvalue weighted by Gasteiger charge is 2.25. The molecule has 2 N–H and O–H groups in total. The van der Waals surface area contributed by atoms with E-state index in [-0.39, 0.29) is 11.9 Å². The van der Waals surface area contributed by atoms with Gasteiger partial charge in [0.05, 0.1) is 37.7 Å². The van der Waals surface area contributed by atoms with E-state index in [0.717, 1.165) is 30.2 Å². The van der Waals surface area contributed by atoms with Crippen LogP contribution in [0.15, 0.2) is 54.7 Å². The number of methoxy groups -OCH3 is 2. The smallest absolute Gasteiger partial charge is 0.255 e. The van der Waals surface area contributed by atoms with Gasteiger partial charge < -0.3 is 14.8 Å². The minimum atomic E-state index is -0.141. The molecular formula is C24H28N4O3. The van der Waals surface area contributed by atoms with Crippen LogP contribution in [0.4, 0.5) is 0 Å². The fourth-order valence-corrected chi connectivity index (χ4v) is 4.06. The van der Waals surface area contributed by atoms with Gasteiger partial charge in [0.15, 0.2) is 0 Å². The number of nitrogens with one attached hydrogen (secondary N) is 2. The summed E-state index contributed by atoms with van der Waals surface area (Å²) >= 11 is 0. The Labute approximate surface area is 182 Å². The number of aromatic nitrogens is 2. The van der Waals surface area contributed by atoms with E-state index in [0.29, 0.717) is 17.8 Å². The fourth-order valence-electron chi connectivity index (χ4n) is 4.06. The zero-order valence-electron chi connectivity index (χ0n) is 17.9. The van der Waals surface area contributed by atoms with Gasteiger partial charge in [-0.15, -0.1) is 0 Å². The number of rotatable bonds is 8. The predicted molar refractivity (Wildman–Crippen MR) is 119 cm³/mol. The third-order valence-corrected chi connectivity index (χ3v) is 5.80. The van der Waals surface area contributed by atoms with Crippen LogP contribution in [-0.2, 0) is 0 Å². The molecule has 1 aliphatic heterocycles. The molecule has 3 aromatic rings. The molecule has 0 radical (unpaired) electrons. The van der Waals surface area contributed by atoms with Gasteiger partial charge in [-0.2, -0.15) is 5.10 Å². The Balaban J connectivity index is 1.49. The Morgan fingerprint density at radius 2 is 1.65 bits per heavy atom. The molecule has 0 aliphatic carbocycles. The van der Waals surface area contributed by atoms with Crippen molar-refractivity contribution in [3.8, 4) is 22.8 Å². The van der Waals surface area contributed by atoms with Crippen molar-refractivity contribution in [2.45, 2.75) is 18.9 Å². The maximum atomic E-state index is 13.0. The summed E-state index contributed by atoms with van der Waals surface area (Å²) in [5, 5.41) is 10.2. The van der Waals surface area contributed by atoms with E-state index >= 15 is 0 Å². The van der Waals surface area contributed by atoms with E-state index in [1.807, 2.05) is 36.4 Å². The van der Waals surface area contributed by atoms with Crippen molar-refractivity contribution < 1.29 is 14.3 Å². The van der Waals surface area contributed by atoms with Crippen LogP contribution in [0.1, 0.15) is 34.8 Å². The minimum absolute atomic E-state index is 0.119. The molecule has 1 saturated heterocycles. The molecule has 2 aromatic carbocycles. The van der Waals surface area contributed by atoms with Crippen LogP contribution in [0.25, 0.3) is 11.3 Å². The van der Waals surface area contributed by atoms with Gasteiger partial charge >= 0.3 is 0 Å². The molecule has 1 aliphatic rings. The number of carbonyl (C=O) groups is 1. The molecule has 1 aromatic heterocycles. The largest absolute Gasteiger partial charge is 0.497 e. The molecule has 1 fully saturated rings. The van der Waals surface area contributed by atoms with E-state index in [4.69, 9.17) is 9.47 Å². The Morgan fingerprint density at radius 1 is 1.03 bits per heavy atom. The van der Waals surface area contributed by atoms with Gasteiger partial charge in [0.1, 0.15) is 11.5 Å². The first-order valence-corrected chi connectivity index (χ1v) is 10.5. The number of likely N-dealkylation sites (tertiary alicyclic amines) is 1. The minimum Gasteiger partial charge on any atom is -0.497 e. The van der Waals surface area contributed by atoms with Gasteiger partial charge in [-0.1, -0.05) is 12.1 Å². The van der Waals surface area contributed by atoms with Crippen molar-refractivity contribution in [2.75, 3.05) is 33.9 Å². The van der Waals surface area contributed by atoms with Gasteiger partial charge in [0.25, 0.3) is 5.91 Å². The van der Waals surface area contributed by atoms with Crippen molar-refractivity contribution in [3.63, 3.8) is 0 Å². The van der Waals surface area contributed by atoms with Crippen LogP contribution in [0.5, 0.6) is 11.5 Å². The molecule has 31 heavy (non-hydrogen) atoms. The van der Waals surface area contributed by atoms with E-state index in [1.165, 1.54) is 18.4 Å². The first-order chi connectivity index (χ1) is 15.2. The van der Waals surface area contributed by atoms with Gasteiger partial charge in [-0.25, -0.2) is 0 Å². The second-order valence-corrected chi connectivity index (χ2v) is 7.63. The number of amides is 1. The zero-order valence-corrected chi connectivity index (χ0v) is 17.9. The molecule has 0 saturated carbocycles.